The van der Waals surface area contributed by atoms with Crippen LogP contribution in [0.15, 0.2) is 36.7 Å². The molecule has 1 saturated heterocycles. The number of aromatic nitrogens is 2. The van der Waals surface area contributed by atoms with E-state index in [9.17, 15) is 4.79 Å². The summed E-state index contributed by atoms with van der Waals surface area (Å²) >= 11 is 0. The largest absolute Gasteiger partial charge is 0.497 e. The van der Waals surface area contributed by atoms with E-state index in [1.807, 2.05) is 35.4 Å². The van der Waals surface area contributed by atoms with Crippen LogP contribution in [-0.2, 0) is 17.6 Å². The molecule has 134 valence electrons. The van der Waals surface area contributed by atoms with Crippen molar-refractivity contribution in [3.05, 3.63) is 48.0 Å². The van der Waals surface area contributed by atoms with E-state index in [4.69, 9.17) is 4.74 Å². The summed E-state index contributed by atoms with van der Waals surface area (Å²) < 4.78 is 5.16. The Hall–Kier alpha value is -2.34. The standard InChI is InChI=1S/C19H26N4O2/c1-25-17-5-3-16(4-6-17)15-19(24)23-11-2-10-22(13-14-23)12-7-18-20-8-9-21-18/h3-6,8-9H,2,7,10-15H2,1H3,(H,20,21). The van der Waals surface area contributed by atoms with Crippen LogP contribution in [-0.4, -0.2) is 65.5 Å². The van der Waals surface area contributed by atoms with Gasteiger partial charge in [-0.3, -0.25) is 4.79 Å². The van der Waals surface area contributed by atoms with Gasteiger partial charge in [0.2, 0.25) is 5.91 Å². The second-order valence-electron chi connectivity index (χ2n) is 6.39. The number of H-pyrrole nitrogens is 1. The van der Waals surface area contributed by atoms with Crippen LogP contribution in [0.5, 0.6) is 5.75 Å². The Bertz CT molecular complexity index is 655. The number of hydrogen-bond acceptors (Lipinski definition) is 4. The Morgan fingerprint density at radius 1 is 1.20 bits per heavy atom. The van der Waals surface area contributed by atoms with E-state index in [0.717, 1.165) is 62.7 Å². The average molecular weight is 342 g/mol. The Balaban J connectivity index is 1.47. The van der Waals surface area contributed by atoms with Crippen LogP contribution in [0, 0.1) is 0 Å². The number of amides is 1. The van der Waals surface area contributed by atoms with E-state index in [0.29, 0.717) is 6.42 Å². The first-order valence-corrected chi connectivity index (χ1v) is 8.86. The number of rotatable bonds is 6. The Labute approximate surface area is 148 Å². The van der Waals surface area contributed by atoms with Crippen molar-refractivity contribution < 1.29 is 9.53 Å². The molecule has 1 aliphatic rings. The third kappa shape index (κ3) is 5.06. The fourth-order valence-electron chi connectivity index (χ4n) is 3.17. The van der Waals surface area contributed by atoms with Crippen molar-refractivity contribution in [1.82, 2.24) is 19.8 Å². The normalized spacial score (nSPS) is 15.8. The van der Waals surface area contributed by atoms with E-state index in [-0.39, 0.29) is 5.91 Å². The lowest BCUT2D eigenvalue weighted by atomic mass is 10.1. The summed E-state index contributed by atoms with van der Waals surface area (Å²) in [5.41, 5.74) is 1.03. The maximum atomic E-state index is 12.6. The predicted molar refractivity (Wildman–Crippen MR) is 96.6 cm³/mol. The first-order valence-electron chi connectivity index (χ1n) is 8.86. The zero-order chi connectivity index (χ0) is 17.5. The molecule has 0 bridgehead atoms. The summed E-state index contributed by atoms with van der Waals surface area (Å²) in [6.45, 7) is 4.58. The molecule has 1 amide bonds. The number of carbonyl (C=O) groups excluding carboxylic acids is 1. The van der Waals surface area contributed by atoms with Crippen molar-refractivity contribution in [2.75, 3.05) is 39.8 Å². The molecular formula is C19H26N4O2. The molecule has 2 heterocycles. The molecule has 0 spiro atoms. The van der Waals surface area contributed by atoms with Gasteiger partial charge in [-0.2, -0.15) is 0 Å². The molecule has 1 N–H and O–H groups in total. The second-order valence-corrected chi connectivity index (χ2v) is 6.39. The lowest BCUT2D eigenvalue weighted by molar-refractivity contribution is -0.130. The third-order valence-corrected chi connectivity index (χ3v) is 4.68. The number of aromatic amines is 1. The van der Waals surface area contributed by atoms with Crippen LogP contribution >= 0.6 is 0 Å². The van der Waals surface area contributed by atoms with E-state index in [1.54, 1.807) is 13.3 Å². The highest BCUT2D eigenvalue weighted by Gasteiger charge is 2.19. The summed E-state index contributed by atoms with van der Waals surface area (Å²) in [6, 6.07) is 7.73. The van der Waals surface area contributed by atoms with Crippen molar-refractivity contribution in [1.29, 1.82) is 0 Å². The van der Waals surface area contributed by atoms with Crippen molar-refractivity contribution in [3.8, 4) is 5.75 Å². The van der Waals surface area contributed by atoms with Gasteiger partial charge in [-0.05, 0) is 30.7 Å². The SMILES string of the molecule is COc1ccc(CC(=O)N2CCCN(CCc3ncc[nH]3)CC2)cc1. The van der Waals surface area contributed by atoms with Gasteiger partial charge in [0.25, 0.3) is 0 Å². The monoisotopic (exact) mass is 342 g/mol. The molecule has 1 fully saturated rings. The first kappa shape index (κ1) is 17.5. The summed E-state index contributed by atoms with van der Waals surface area (Å²) in [7, 11) is 1.65. The number of hydrogen-bond donors (Lipinski definition) is 1. The Morgan fingerprint density at radius 3 is 2.76 bits per heavy atom. The zero-order valence-electron chi connectivity index (χ0n) is 14.8. The minimum Gasteiger partial charge on any atom is -0.497 e. The first-order chi connectivity index (χ1) is 12.2. The van der Waals surface area contributed by atoms with Crippen molar-refractivity contribution >= 4 is 5.91 Å². The lowest BCUT2D eigenvalue weighted by Gasteiger charge is -2.22. The fraction of sp³-hybridized carbons (Fsp3) is 0.474. The van der Waals surface area contributed by atoms with Gasteiger partial charge in [0, 0.05) is 45.0 Å². The zero-order valence-corrected chi connectivity index (χ0v) is 14.8. The van der Waals surface area contributed by atoms with Crippen LogP contribution in [0.1, 0.15) is 17.8 Å². The van der Waals surface area contributed by atoms with Gasteiger partial charge in [-0.25, -0.2) is 4.98 Å². The number of carbonyl (C=O) groups is 1. The van der Waals surface area contributed by atoms with E-state index in [1.165, 1.54) is 0 Å². The molecule has 1 aromatic carbocycles. The molecule has 3 rings (SSSR count). The maximum Gasteiger partial charge on any atom is 0.227 e. The number of methoxy groups -OCH3 is 1. The lowest BCUT2D eigenvalue weighted by Crippen LogP contribution is -2.36. The van der Waals surface area contributed by atoms with Gasteiger partial charge in [0.05, 0.1) is 13.5 Å². The molecule has 25 heavy (non-hydrogen) atoms. The molecular weight excluding hydrogens is 316 g/mol. The molecule has 0 aliphatic carbocycles. The molecule has 2 aromatic rings. The summed E-state index contributed by atoms with van der Waals surface area (Å²) in [6.07, 6.45) is 6.05. The van der Waals surface area contributed by atoms with Crippen molar-refractivity contribution in [2.45, 2.75) is 19.3 Å². The second kappa shape index (κ2) is 8.67. The highest BCUT2D eigenvalue weighted by molar-refractivity contribution is 5.78. The van der Waals surface area contributed by atoms with Crippen LogP contribution < -0.4 is 4.74 Å². The average Bonchev–Trinajstić information content (AvgIpc) is 3.04. The Morgan fingerprint density at radius 2 is 2.04 bits per heavy atom. The van der Waals surface area contributed by atoms with Gasteiger partial charge in [0.15, 0.2) is 0 Å². The molecule has 6 nitrogen and oxygen atoms in total. The number of nitrogens with one attached hydrogen (secondary N) is 1. The highest BCUT2D eigenvalue weighted by Crippen LogP contribution is 2.13. The highest BCUT2D eigenvalue weighted by atomic mass is 16.5. The van der Waals surface area contributed by atoms with Crippen LogP contribution in [0.25, 0.3) is 0 Å². The smallest absolute Gasteiger partial charge is 0.227 e. The summed E-state index contributed by atoms with van der Waals surface area (Å²) in [4.78, 5) is 24.4. The predicted octanol–water partition coefficient (Wildman–Crippen LogP) is 1.74. The van der Waals surface area contributed by atoms with Gasteiger partial charge in [-0.1, -0.05) is 12.1 Å². The van der Waals surface area contributed by atoms with Gasteiger partial charge >= 0.3 is 0 Å². The number of nitrogens with zero attached hydrogens (tertiary/aromatic N) is 3. The van der Waals surface area contributed by atoms with E-state index >= 15 is 0 Å². The Kier molecular flexibility index (Phi) is 6.06. The molecule has 1 aliphatic heterocycles. The van der Waals surface area contributed by atoms with Crippen molar-refractivity contribution in [2.24, 2.45) is 0 Å². The van der Waals surface area contributed by atoms with Gasteiger partial charge < -0.3 is 19.5 Å². The number of benzene rings is 1. The van der Waals surface area contributed by atoms with Crippen LogP contribution in [0.4, 0.5) is 0 Å². The molecule has 0 radical (unpaired) electrons. The topological polar surface area (TPSA) is 61.5 Å². The minimum absolute atomic E-state index is 0.207. The van der Waals surface area contributed by atoms with Gasteiger partial charge in [-0.15, -0.1) is 0 Å². The minimum atomic E-state index is 0.207. The molecule has 0 saturated carbocycles. The van der Waals surface area contributed by atoms with E-state index in [2.05, 4.69) is 14.9 Å². The number of ether oxygens (including phenoxy) is 1. The molecule has 6 heteroatoms. The molecule has 0 unspecified atom stereocenters. The molecule has 0 atom stereocenters. The summed E-state index contributed by atoms with van der Waals surface area (Å²) in [5, 5.41) is 0. The van der Waals surface area contributed by atoms with Gasteiger partial charge in [0.1, 0.15) is 11.6 Å². The third-order valence-electron chi connectivity index (χ3n) is 4.68. The van der Waals surface area contributed by atoms with Crippen molar-refractivity contribution in [3.63, 3.8) is 0 Å². The number of imidazole rings is 1. The molecule has 1 aromatic heterocycles. The fourth-order valence-corrected chi connectivity index (χ4v) is 3.17. The van der Waals surface area contributed by atoms with Crippen LogP contribution in [0.3, 0.4) is 0 Å². The maximum absolute atomic E-state index is 12.6. The summed E-state index contributed by atoms with van der Waals surface area (Å²) in [5.74, 6) is 2.05. The quantitative estimate of drug-likeness (QED) is 0.869. The van der Waals surface area contributed by atoms with E-state index < -0.39 is 0 Å². The van der Waals surface area contributed by atoms with Crippen LogP contribution in [0.2, 0.25) is 0 Å².